The number of nitrogens with zero attached hydrogens (tertiary/aromatic N) is 2. The molecule has 0 bridgehead atoms. The fraction of sp³-hybridized carbons (Fsp3) is 0.481. The molecular formula is C27H37ClN2O. The van der Waals surface area contributed by atoms with E-state index in [9.17, 15) is 4.79 Å². The van der Waals surface area contributed by atoms with Crippen molar-refractivity contribution in [2.24, 2.45) is 4.99 Å². The number of hydrogen-bond donors (Lipinski definition) is 0. The first-order chi connectivity index (χ1) is 14.6. The molecule has 168 valence electrons. The summed E-state index contributed by atoms with van der Waals surface area (Å²) < 4.78 is 0. The molecule has 0 fully saturated rings. The number of hydrogen-bond acceptors (Lipinski definition) is 2. The second-order valence-electron chi connectivity index (χ2n) is 9.33. The highest BCUT2D eigenvalue weighted by molar-refractivity contribution is 6.31. The van der Waals surface area contributed by atoms with Gasteiger partial charge in [-0.3, -0.25) is 9.69 Å². The third-order valence-corrected chi connectivity index (χ3v) is 5.84. The normalized spacial score (nSPS) is 12.0. The summed E-state index contributed by atoms with van der Waals surface area (Å²) in [6.07, 6.45) is 1.69. The van der Waals surface area contributed by atoms with Gasteiger partial charge in [-0.05, 0) is 45.9 Å². The minimum absolute atomic E-state index is 0.0984. The lowest BCUT2D eigenvalue weighted by Gasteiger charge is -2.27. The molecule has 0 spiro atoms. The molecular weight excluding hydrogens is 404 g/mol. The number of halogens is 1. The van der Waals surface area contributed by atoms with Gasteiger partial charge in [-0.15, -0.1) is 11.6 Å². The maximum atomic E-state index is 13.0. The van der Waals surface area contributed by atoms with Crippen LogP contribution in [0.5, 0.6) is 0 Å². The van der Waals surface area contributed by atoms with Crippen LogP contribution in [0.15, 0.2) is 41.4 Å². The van der Waals surface area contributed by atoms with Crippen LogP contribution >= 0.6 is 11.6 Å². The van der Waals surface area contributed by atoms with Gasteiger partial charge in [-0.2, -0.15) is 0 Å². The average molecular weight is 441 g/mol. The van der Waals surface area contributed by atoms with Crippen LogP contribution in [0.2, 0.25) is 0 Å². The summed E-state index contributed by atoms with van der Waals surface area (Å²) in [6, 6.07) is 12.6. The molecule has 0 aromatic heterocycles. The van der Waals surface area contributed by atoms with Crippen molar-refractivity contribution in [3.8, 4) is 0 Å². The van der Waals surface area contributed by atoms with E-state index in [1.165, 1.54) is 11.1 Å². The van der Waals surface area contributed by atoms with Crippen molar-refractivity contribution in [3.63, 3.8) is 0 Å². The molecule has 2 aromatic rings. The molecule has 0 N–H and O–H groups in total. The number of para-hydroxylation sites is 2. The maximum absolute atomic E-state index is 13.0. The molecule has 3 nitrogen and oxygen atoms in total. The number of carbonyl (C=O) groups excluding carboxylic acids is 1. The fourth-order valence-corrected chi connectivity index (χ4v) is 4.01. The predicted molar refractivity (Wildman–Crippen MR) is 136 cm³/mol. The molecule has 0 heterocycles. The molecule has 0 atom stereocenters. The third-order valence-electron chi connectivity index (χ3n) is 5.61. The quantitative estimate of drug-likeness (QED) is 0.231. The number of amides is 1. The topological polar surface area (TPSA) is 32.7 Å². The standard InChI is InChI=1S/C27H37ClN2O/c1-17(2)21-11-9-12-22(18(3)4)26(21)29-16-30(25(31)15-28)27-23(19(5)6)13-10-14-24(27)20(7)8/h9-14,16-20H,15H2,1-8H3. The van der Waals surface area contributed by atoms with Gasteiger partial charge >= 0.3 is 0 Å². The summed E-state index contributed by atoms with van der Waals surface area (Å²) in [5.74, 6) is 0.922. The van der Waals surface area contributed by atoms with Crippen molar-refractivity contribution in [2.45, 2.75) is 79.1 Å². The van der Waals surface area contributed by atoms with Crippen molar-refractivity contribution in [3.05, 3.63) is 58.7 Å². The SMILES string of the molecule is CC(C)c1cccc(C(C)C)c1N=CN(C(=O)CCl)c1c(C(C)C)cccc1C(C)C. The summed E-state index contributed by atoms with van der Waals surface area (Å²) in [5.41, 5.74) is 6.47. The number of benzene rings is 2. The van der Waals surface area contributed by atoms with Gasteiger partial charge in [0, 0.05) is 0 Å². The number of anilines is 1. The lowest BCUT2D eigenvalue weighted by atomic mass is 9.92. The number of carbonyl (C=O) groups is 1. The van der Waals surface area contributed by atoms with E-state index in [4.69, 9.17) is 16.6 Å². The van der Waals surface area contributed by atoms with Crippen molar-refractivity contribution in [1.82, 2.24) is 0 Å². The van der Waals surface area contributed by atoms with Gasteiger partial charge in [-0.25, -0.2) is 4.99 Å². The summed E-state index contributed by atoms with van der Waals surface area (Å²) in [7, 11) is 0. The Morgan fingerprint density at radius 2 is 1.19 bits per heavy atom. The Hall–Kier alpha value is -2.13. The molecule has 31 heavy (non-hydrogen) atoms. The largest absolute Gasteiger partial charge is 0.273 e. The summed E-state index contributed by atoms with van der Waals surface area (Å²) >= 11 is 6.05. The molecule has 1 amide bonds. The van der Waals surface area contributed by atoms with Crippen LogP contribution in [0, 0.1) is 0 Å². The summed E-state index contributed by atoms with van der Waals surface area (Å²) in [6.45, 7) is 17.3. The van der Waals surface area contributed by atoms with Gasteiger partial charge in [0.05, 0.1) is 11.4 Å². The Morgan fingerprint density at radius 3 is 1.55 bits per heavy atom. The maximum Gasteiger partial charge on any atom is 0.247 e. The van der Waals surface area contributed by atoms with E-state index >= 15 is 0 Å². The lowest BCUT2D eigenvalue weighted by Crippen LogP contribution is -2.32. The molecule has 0 saturated carbocycles. The van der Waals surface area contributed by atoms with Gasteiger partial charge < -0.3 is 0 Å². The predicted octanol–water partition coefficient (Wildman–Crippen LogP) is 8.11. The Labute approximate surface area is 193 Å². The van der Waals surface area contributed by atoms with Crippen LogP contribution in [0.3, 0.4) is 0 Å². The van der Waals surface area contributed by atoms with E-state index in [1.807, 2.05) is 0 Å². The first kappa shape index (κ1) is 25.1. The third kappa shape index (κ3) is 5.77. The molecule has 0 saturated heterocycles. The van der Waals surface area contributed by atoms with Crippen molar-refractivity contribution < 1.29 is 4.79 Å². The van der Waals surface area contributed by atoms with Crippen molar-refractivity contribution >= 4 is 35.2 Å². The Balaban J connectivity index is 2.74. The van der Waals surface area contributed by atoms with Crippen molar-refractivity contribution in [1.29, 1.82) is 0 Å². The lowest BCUT2D eigenvalue weighted by molar-refractivity contribution is -0.115. The van der Waals surface area contributed by atoms with Crippen LogP contribution < -0.4 is 4.90 Å². The highest BCUT2D eigenvalue weighted by Crippen LogP contribution is 2.37. The summed E-state index contributed by atoms with van der Waals surface area (Å²) in [5, 5.41) is 0. The zero-order valence-corrected chi connectivity index (χ0v) is 21.0. The molecule has 0 aliphatic rings. The molecule has 0 unspecified atom stereocenters. The Bertz CT molecular complexity index is 876. The minimum Gasteiger partial charge on any atom is -0.273 e. The first-order valence-corrected chi connectivity index (χ1v) is 11.8. The second kappa shape index (κ2) is 10.9. The first-order valence-electron chi connectivity index (χ1n) is 11.3. The molecule has 4 heteroatoms. The number of aliphatic imine (C=N–C) groups is 1. The minimum atomic E-state index is -0.173. The second-order valence-corrected chi connectivity index (χ2v) is 9.60. The summed E-state index contributed by atoms with van der Waals surface area (Å²) in [4.78, 5) is 19.6. The monoisotopic (exact) mass is 440 g/mol. The van der Waals surface area contributed by atoms with Crippen molar-refractivity contribution in [2.75, 3.05) is 10.8 Å². The highest BCUT2D eigenvalue weighted by Gasteiger charge is 2.23. The Kier molecular flexibility index (Phi) is 8.88. The highest BCUT2D eigenvalue weighted by atomic mass is 35.5. The van der Waals surface area contributed by atoms with E-state index in [0.29, 0.717) is 11.8 Å². The zero-order chi connectivity index (χ0) is 23.3. The average Bonchev–Trinajstić information content (AvgIpc) is 2.72. The number of rotatable bonds is 8. The Morgan fingerprint density at radius 1 is 0.806 bits per heavy atom. The van der Waals surface area contributed by atoms with E-state index in [0.717, 1.165) is 22.5 Å². The van der Waals surface area contributed by atoms with E-state index < -0.39 is 0 Å². The molecule has 2 aromatic carbocycles. The number of alkyl halides is 1. The molecule has 0 aliphatic heterocycles. The van der Waals surface area contributed by atoms with Crippen LogP contribution in [0.25, 0.3) is 0 Å². The van der Waals surface area contributed by atoms with Crippen LogP contribution in [-0.2, 0) is 4.79 Å². The molecule has 2 rings (SSSR count). The van der Waals surface area contributed by atoms with Gasteiger partial charge in [0.15, 0.2) is 0 Å². The van der Waals surface area contributed by atoms with E-state index in [2.05, 4.69) is 91.8 Å². The molecule has 0 radical (unpaired) electrons. The van der Waals surface area contributed by atoms with E-state index in [-0.39, 0.29) is 23.6 Å². The van der Waals surface area contributed by atoms with Crippen LogP contribution in [-0.4, -0.2) is 18.1 Å². The van der Waals surface area contributed by atoms with Gasteiger partial charge in [0.2, 0.25) is 5.91 Å². The zero-order valence-electron chi connectivity index (χ0n) is 20.2. The van der Waals surface area contributed by atoms with Gasteiger partial charge in [0.1, 0.15) is 12.2 Å². The molecule has 0 aliphatic carbocycles. The van der Waals surface area contributed by atoms with Crippen LogP contribution in [0.1, 0.15) is 101 Å². The van der Waals surface area contributed by atoms with E-state index in [1.54, 1.807) is 11.2 Å². The van der Waals surface area contributed by atoms with Crippen LogP contribution in [0.4, 0.5) is 11.4 Å². The smallest absolute Gasteiger partial charge is 0.247 e. The van der Waals surface area contributed by atoms with Gasteiger partial charge in [0.25, 0.3) is 0 Å². The van der Waals surface area contributed by atoms with Gasteiger partial charge in [-0.1, -0.05) is 91.8 Å². The fourth-order valence-electron chi connectivity index (χ4n) is 3.88.